The molecule has 0 spiro atoms. The van der Waals surface area contributed by atoms with Crippen molar-refractivity contribution in [1.82, 2.24) is 19.7 Å². The van der Waals surface area contributed by atoms with E-state index in [0.717, 1.165) is 48.4 Å². The standard InChI is InChI=1S/C20H27ClN4OS/c1-24(14-16-7-3-2-4-8-16)15-19-22-23-20(27-12-6-11-26)25(19)18-10-5-9-17(21)13-18/h2-3,5,9-10,13,16,26H,4,6-8,11-12,14-15H2,1H3. The van der Waals surface area contributed by atoms with Gasteiger partial charge >= 0.3 is 0 Å². The number of aliphatic hydroxyl groups excluding tert-OH is 1. The second kappa shape index (κ2) is 10.3. The van der Waals surface area contributed by atoms with Crippen molar-refractivity contribution >= 4 is 23.4 Å². The number of benzene rings is 1. The molecular weight excluding hydrogens is 380 g/mol. The van der Waals surface area contributed by atoms with Crippen molar-refractivity contribution in [3.63, 3.8) is 0 Å². The molecule has 3 rings (SSSR count). The van der Waals surface area contributed by atoms with E-state index in [9.17, 15) is 0 Å². The van der Waals surface area contributed by atoms with Crippen LogP contribution in [0.5, 0.6) is 0 Å². The van der Waals surface area contributed by atoms with Gasteiger partial charge < -0.3 is 5.11 Å². The Balaban J connectivity index is 1.77. The van der Waals surface area contributed by atoms with Crippen LogP contribution in [0.1, 0.15) is 31.5 Å². The number of hydrogen-bond donors (Lipinski definition) is 1. The number of aromatic nitrogens is 3. The van der Waals surface area contributed by atoms with E-state index in [0.29, 0.717) is 10.9 Å². The lowest BCUT2D eigenvalue weighted by Gasteiger charge is -2.24. The number of aliphatic hydroxyl groups is 1. The van der Waals surface area contributed by atoms with Gasteiger partial charge in [0.2, 0.25) is 0 Å². The summed E-state index contributed by atoms with van der Waals surface area (Å²) < 4.78 is 2.09. The maximum Gasteiger partial charge on any atom is 0.195 e. The molecule has 1 atom stereocenters. The van der Waals surface area contributed by atoms with Gasteiger partial charge in [-0.3, -0.25) is 9.47 Å². The van der Waals surface area contributed by atoms with Crippen molar-refractivity contribution in [3.8, 4) is 5.69 Å². The fraction of sp³-hybridized carbons (Fsp3) is 0.500. The minimum Gasteiger partial charge on any atom is -0.396 e. The topological polar surface area (TPSA) is 54.2 Å². The van der Waals surface area contributed by atoms with Crippen molar-refractivity contribution in [2.24, 2.45) is 5.92 Å². The maximum absolute atomic E-state index is 9.06. The van der Waals surface area contributed by atoms with Gasteiger partial charge in [-0.25, -0.2) is 0 Å². The number of thioether (sulfide) groups is 1. The quantitative estimate of drug-likeness (QED) is 0.384. The van der Waals surface area contributed by atoms with Crippen LogP contribution in [0.4, 0.5) is 0 Å². The molecular formula is C20H27ClN4OS. The molecule has 5 nitrogen and oxygen atoms in total. The first kappa shape index (κ1) is 20.4. The molecule has 1 unspecified atom stereocenters. The number of hydrogen-bond acceptors (Lipinski definition) is 5. The smallest absolute Gasteiger partial charge is 0.195 e. The average molecular weight is 407 g/mol. The molecule has 1 aliphatic rings. The molecule has 0 aliphatic heterocycles. The van der Waals surface area contributed by atoms with Crippen molar-refractivity contribution in [3.05, 3.63) is 47.3 Å². The third-order valence-electron chi connectivity index (χ3n) is 4.66. The molecule has 1 aromatic heterocycles. The Morgan fingerprint density at radius 1 is 1.33 bits per heavy atom. The van der Waals surface area contributed by atoms with Crippen LogP contribution in [0.2, 0.25) is 5.02 Å². The maximum atomic E-state index is 9.06. The van der Waals surface area contributed by atoms with Crippen LogP contribution in [0.3, 0.4) is 0 Å². The van der Waals surface area contributed by atoms with E-state index in [-0.39, 0.29) is 6.61 Å². The van der Waals surface area contributed by atoms with Gasteiger partial charge in [0, 0.05) is 23.9 Å². The second-order valence-corrected chi connectivity index (χ2v) is 8.49. The number of nitrogens with zero attached hydrogens (tertiary/aromatic N) is 4. The molecule has 0 fully saturated rings. The zero-order valence-corrected chi connectivity index (χ0v) is 17.3. The summed E-state index contributed by atoms with van der Waals surface area (Å²) in [4.78, 5) is 2.33. The Bertz CT molecular complexity index is 764. The normalized spacial score (nSPS) is 17.0. The molecule has 7 heteroatoms. The van der Waals surface area contributed by atoms with E-state index in [1.165, 1.54) is 12.8 Å². The predicted molar refractivity (Wildman–Crippen MR) is 112 cm³/mol. The monoisotopic (exact) mass is 406 g/mol. The van der Waals surface area contributed by atoms with Gasteiger partial charge in [0.05, 0.1) is 12.2 Å². The van der Waals surface area contributed by atoms with Crippen molar-refractivity contribution < 1.29 is 5.11 Å². The Kier molecular flexibility index (Phi) is 7.76. The number of allylic oxidation sites excluding steroid dienone is 2. The van der Waals surface area contributed by atoms with Crippen LogP contribution in [0, 0.1) is 5.92 Å². The summed E-state index contributed by atoms with van der Waals surface area (Å²) in [5.74, 6) is 2.43. The fourth-order valence-electron chi connectivity index (χ4n) is 3.37. The minimum absolute atomic E-state index is 0.184. The SMILES string of the molecule is CN(Cc1nnc(SCCCO)n1-c1cccc(Cl)c1)CC1CC=CCC1. The van der Waals surface area contributed by atoms with Crippen molar-refractivity contribution in [2.45, 2.75) is 37.4 Å². The Morgan fingerprint density at radius 2 is 2.22 bits per heavy atom. The van der Waals surface area contributed by atoms with Gasteiger partial charge in [-0.05, 0) is 56.8 Å². The average Bonchev–Trinajstić information content (AvgIpc) is 3.05. The first-order valence-corrected chi connectivity index (χ1v) is 10.8. The molecule has 146 valence electrons. The summed E-state index contributed by atoms with van der Waals surface area (Å²) in [5, 5.41) is 19.5. The van der Waals surface area contributed by atoms with E-state index in [1.54, 1.807) is 11.8 Å². The Hall–Kier alpha value is -1.34. The highest BCUT2D eigenvalue weighted by Crippen LogP contribution is 2.25. The molecule has 1 aromatic carbocycles. The van der Waals surface area contributed by atoms with Gasteiger partial charge in [0.25, 0.3) is 0 Å². The highest BCUT2D eigenvalue weighted by atomic mass is 35.5. The third kappa shape index (κ3) is 5.82. The molecule has 27 heavy (non-hydrogen) atoms. The van der Waals surface area contributed by atoms with Crippen LogP contribution >= 0.6 is 23.4 Å². The van der Waals surface area contributed by atoms with Gasteiger partial charge in [0.1, 0.15) is 0 Å². The lowest BCUT2D eigenvalue weighted by atomic mass is 9.94. The molecule has 2 aromatic rings. The zero-order valence-electron chi connectivity index (χ0n) is 15.7. The van der Waals surface area contributed by atoms with Crippen LogP contribution < -0.4 is 0 Å². The minimum atomic E-state index is 0.184. The largest absolute Gasteiger partial charge is 0.396 e. The molecule has 0 amide bonds. The fourth-order valence-corrected chi connectivity index (χ4v) is 4.45. The van der Waals surface area contributed by atoms with Gasteiger partial charge in [-0.2, -0.15) is 0 Å². The van der Waals surface area contributed by atoms with E-state index in [1.807, 2.05) is 24.3 Å². The van der Waals surface area contributed by atoms with Crippen LogP contribution in [-0.2, 0) is 6.54 Å². The second-order valence-electron chi connectivity index (χ2n) is 6.99. The summed E-state index contributed by atoms with van der Waals surface area (Å²) >= 11 is 7.83. The summed E-state index contributed by atoms with van der Waals surface area (Å²) in [6.45, 7) is 1.98. The van der Waals surface area contributed by atoms with Crippen molar-refractivity contribution in [1.29, 1.82) is 0 Å². The predicted octanol–water partition coefficient (Wildman–Crippen LogP) is 4.18. The highest BCUT2D eigenvalue weighted by molar-refractivity contribution is 7.99. The summed E-state index contributed by atoms with van der Waals surface area (Å²) in [6, 6.07) is 7.79. The Labute approximate surface area is 170 Å². The zero-order chi connectivity index (χ0) is 19.1. The molecule has 0 bridgehead atoms. The van der Waals surface area contributed by atoms with E-state index in [2.05, 4.69) is 38.9 Å². The van der Waals surface area contributed by atoms with Crippen LogP contribution in [-0.4, -0.2) is 50.7 Å². The summed E-state index contributed by atoms with van der Waals surface area (Å²) in [7, 11) is 2.15. The lowest BCUT2D eigenvalue weighted by Crippen LogP contribution is -2.27. The molecule has 0 saturated heterocycles. The van der Waals surface area contributed by atoms with Crippen molar-refractivity contribution in [2.75, 3.05) is 26.0 Å². The van der Waals surface area contributed by atoms with Gasteiger partial charge in [-0.15, -0.1) is 10.2 Å². The van der Waals surface area contributed by atoms with E-state index in [4.69, 9.17) is 16.7 Å². The molecule has 0 radical (unpaired) electrons. The molecule has 1 N–H and O–H groups in total. The first-order valence-electron chi connectivity index (χ1n) is 9.45. The third-order valence-corrected chi connectivity index (χ3v) is 5.91. The molecule has 1 heterocycles. The molecule has 1 aliphatic carbocycles. The van der Waals surface area contributed by atoms with Gasteiger partial charge in [-0.1, -0.05) is 41.6 Å². The van der Waals surface area contributed by atoms with E-state index < -0.39 is 0 Å². The van der Waals surface area contributed by atoms with E-state index >= 15 is 0 Å². The molecule has 0 saturated carbocycles. The Morgan fingerprint density at radius 3 is 2.96 bits per heavy atom. The number of rotatable bonds is 9. The van der Waals surface area contributed by atoms with Crippen LogP contribution in [0.15, 0.2) is 41.6 Å². The summed E-state index contributed by atoms with van der Waals surface area (Å²) in [6.07, 6.45) is 8.91. The first-order chi connectivity index (χ1) is 13.2. The number of halogens is 1. The lowest BCUT2D eigenvalue weighted by molar-refractivity contribution is 0.252. The highest BCUT2D eigenvalue weighted by Gasteiger charge is 2.18. The van der Waals surface area contributed by atoms with Crippen LogP contribution in [0.25, 0.3) is 5.69 Å². The van der Waals surface area contributed by atoms with Gasteiger partial charge in [0.15, 0.2) is 11.0 Å². The summed E-state index contributed by atoms with van der Waals surface area (Å²) in [5.41, 5.74) is 0.975.